The van der Waals surface area contributed by atoms with Crippen molar-refractivity contribution >= 4 is 5.84 Å². The molecule has 0 bridgehead atoms. The molecule has 0 amide bonds. The molecule has 1 rings (SSSR count). The smallest absolute Gasteiger partial charge is 0.173 e. The summed E-state index contributed by atoms with van der Waals surface area (Å²) >= 11 is 0. The van der Waals surface area contributed by atoms with Crippen molar-refractivity contribution < 1.29 is 9.94 Å². The summed E-state index contributed by atoms with van der Waals surface area (Å²) < 4.78 is 5.21. The van der Waals surface area contributed by atoms with Crippen LogP contribution in [0.3, 0.4) is 0 Å². The number of oxime groups is 1. The lowest BCUT2D eigenvalue weighted by atomic mass is 10.1. The number of methoxy groups -OCH3 is 1. The van der Waals surface area contributed by atoms with E-state index in [9.17, 15) is 0 Å². The van der Waals surface area contributed by atoms with E-state index in [0.29, 0.717) is 11.3 Å². The number of benzene rings is 1. The molecule has 0 saturated heterocycles. The first-order valence-electron chi connectivity index (χ1n) is 7.08. The molecule has 21 heavy (non-hydrogen) atoms. The first kappa shape index (κ1) is 17.3. The molecule has 6 nitrogen and oxygen atoms in total. The molecule has 1 aromatic carbocycles. The second-order valence-corrected chi connectivity index (χ2v) is 5.21. The van der Waals surface area contributed by atoms with Gasteiger partial charge in [0.2, 0.25) is 0 Å². The molecule has 0 fully saturated rings. The SMILES string of the molecule is COc1ccc(CNCCCCN(C)C)cc1C(N)=NO. The highest BCUT2D eigenvalue weighted by Gasteiger charge is 2.08. The summed E-state index contributed by atoms with van der Waals surface area (Å²) in [6, 6.07) is 5.68. The van der Waals surface area contributed by atoms with Crippen LogP contribution in [-0.4, -0.2) is 50.2 Å². The first-order chi connectivity index (χ1) is 10.1. The third kappa shape index (κ3) is 6.01. The first-order valence-corrected chi connectivity index (χ1v) is 7.08. The number of ether oxygens (including phenoxy) is 1. The topological polar surface area (TPSA) is 83.1 Å². The summed E-state index contributed by atoms with van der Waals surface area (Å²) in [6.45, 7) is 2.83. The third-order valence-electron chi connectivity index (χ3n) is 3.19. The van der Waals surface area contributed by atoms with Gasteiger partial charge in [-0.05, 0) is 57.7 Å². The van der Waals surface area contributed by atoms with Crippen LogP contribution in [0.1, 0.15) is 24.0 Å². The van der Waals surface area contributed by atoms with E-state index in [2.05, 4.69) is 29.5 Å². The van der Waals surface area contributed by atoms with Crippen LogP contribution in [-0.2, 0) is 6.54 Å². The van der Waals surface area contributed by atoms with Crippen molar-refractivity contribution in [2.24, 2.45) is 10.9 Å². The monoisotopic (exact) mass is 294 g/mol. The van der Waals surface area contributed by atoms with E-state index < -0.39 is 0 Å². The van der Waals surface area contributed by atoms with Gasteiger partial charge in [-0.1, -0.05) is 11.2 Å². The lowest BCUT2D eigenvalue weighted by molar-refractivity contribution is 0.318. The second-order valence-electron chi connectivity index (χ2n) is 5.21. The van der Waals surface area contributed by atoms with E-state index in [4.69, 9.17) is 15.7 Å². The Balaban J connectivity index is 2.49. The third-order valence-corrected chi connectivity index (χ3v) is 3.19. The summed E-state index contributed by atoms with van der Waals surface area (Å²) in [5.74, 6) is 0.653. The highest BCUT2D eigenvalue weighted by atomic mass is 16.5. The van der Waals surface area contributed by atoms with Crippen LogP contribution in [0, 0.1) is 0 Å². The van der Waals surface area contributed by atoms with Gasteiger partial charge in [-0.15, -0.1) is 0 Å². The van der Waals surface area contributed by atoms with Gasteiger partial charge >= 0.3 is 0 Å². The molecule has 6 heteroatoms. The van der Waals surface area contributed by atoms with E-state index in [1.165, 1.54) is 6.42 Å². The second kappa shape index (κ2) is 9.20. The zero-order valence-corrected chi connectivity index (χ0v) is 13.1. The number of hydrogen-bond donors (Lipinski definition) is 3. The lowest BCUT2D eigenvalue weighted by Crippen LogP contribution is -2.19. The maximum atomic E-state index is 8.80. The molecule has 0 aromatic heterocycles. The van der Waals surface area contributed by atoms with Crippen LogP contribution < -0.4 is 15.8 Å². The van der Waals surface area contributed by atoms with Gasteiger partial charge in [0.05, 0.1) is 12.7 Å². The Morgan fingerprint density at radius 3 is 2.76 bits per heavy atom. The molecule has 0 aliphatic rings. The number of unbranched alkanes of at least 4 members (excludes halogenated alkanes) is 1. The van der Waals surface area contributed by atoms with Crippen LogP contribution in [0.25, 0.3) is 0 Å². The van der Waals surface area contributed by atoms with E-state index in [0.717, 1.165) is 31.6 Å². The number of nitrogens with zero attached hydrogens (tertiary/aromatic N) is 2. The number of rotatable bonds is 9. The van der Waals surface area contributed by atoms with E-state index >= 15 is 0 Å². The Labute approximate surface area is 126 Å². The van der Waals surface area contributed by atoms with E-state index in [-0.39, 0.29) is 5.84 Å². The zero-order valence-electron chi connectivity index (χ0n) is 13.1. The molecule has 0 spiro atoms. The minimum absolute atomic E-state index is 0.0553. The maximum Gasteiger partial charge on any atom is 0.173 e. The standard InChI is InChI=1S/C15H26N4O2/c1-19(2)9-5-4-8-17-11-12-6-7-14(21-3)13(10-12)15(16)18-20/h6-7,10,17,20H,4-5,8-9,11H2,1-3H3,(H2,16,18). The van der Waals surface area contributed by atoms with Crippen molar-refractivity contribution in [1.82, 2.24) is 10.2 Å². The summed E-state index contributed by atoms with van der Waals surface area (Å²) in [7, 11) is 5.73. The van der Waals surface area contributed by atoms with Crippen LogP contribution in [0.5, 0.6) is 5.75 Å². The van der Waals surface area contributed by atoms with Crippen molar-refractivity contribution in [2.45, 2.75) is 19.4 Å². The molecule has 0 unspecified atom stereocenters. The Kier molecular flexibility index (Phi) is 7.56. The van der Waals surface area contributed by atoms with Crippen molar-refractivity contribution in [3.05, 3.63) is 29.3 Å². The molecule has 0 aliphatic carbocycles. The fourth-order valence-electron chi connectivity index (χ4n) is 2.03. The lowest BCUT2D eigenvalue weighted by Gasteiger charge is -2.11. The molecule has 4 N–H and O–H groups in total. The van der Waals surface area contributed by atoms with Gasteiger partial charge < -0.3 is 25.9 Å². The van der Waals surface area contributed by atoms with Gasteiger partial charge in [-0.25, -0.2) is 0 Å². The molecular weight excluding hydrogens is 268 g/mol. The van der Waals surface area contributed by atoms with Gasteiger partial charge in [0.15, 0.2) is 5.84 Å². The number of hydrogen-bond acceptors (Lipinski definition) is 5. The predicted octanol–water partition coefficient (Wildman–Crippen LogP) is 1.22. The van der Waals surface area contributed by atoms with E-state index in [1.54, 1.807) is 7.11 Å². The van der Waals surface area contributed by atoms with Gasteiger partial charge in [-0.2, -0.15) is 0 Å². The Hall–Kier alpha value is -1.79. The van der Waals surface area contributed by atoms with Crippen molar-refractivity contribution in [3.8, 4) is 5.75 Å². The van der Waals surface area contributed by atoms with Gasteiger partial charge in [0, 0.05) is 6.54 Å². The van der Waals surface area contributed by atoms with Gasteiger partial charge in [0.25, 0.3) is 0 Å². The largest absolute Gasteiger partial charge is 0.496 e. The van der Waals surface area contributed by atoms with Crippen LogP contribution in [0.4, 0.5) is 0 Å². The summed E-state index contributed by atoms with van der Waals surface area (Å²) in [4.78, 5) is 2.19. The summed E-state index contributed by atoms with van der Waals surface area (Å²) in [5, 5.41) is 15.2. The highest BCUT2D eigenvalue weighted by molar-refractivity contribution is 5.99. The predicted molar refractivity (Wildman–Crippen MR) is 85.0 cm³/mol. The minimum atomic E-state index is 0.0553. The minimum Gasteiger partial charge on any atom is -0.496 e. The number of nitrogens with one attached hydrogen (secondary N) is 1. The van der Waals surface area contributed by atoms with Crippen LogP contribution >= 0.6 is 0 Å². The zero-order chi connectivity index (χ0) is 15.7. The molecule has 0 saturated carbocycles. The number of nitrogens with two attached hydrogens (primary N) is 1. The quantitative estimate of drug-likeness (QED) is 0.210. The van der Waals surface area contributed by atoms with Gasteiger partial charge in [0.1, 0.15) is 5.75 Å². The molecule has 0 aliphatic heterocycles. The molecule has 0 atom stereocenters. The van der Waals surface area contributed by atoms with Crippen molar-refractivity contribution in [1.29, 1.82) is 0 Å². The van der Waals surface area contributed by atoms with Crippen molar-refractivity contribution in [2.75, 3.05) is 34.3 Å². The normalized spacial score (nSPS) is 11.9. The average Bonchev–Trinajstić information content (AvgIpc) is 2.49. The maximum absolute atomic E-state index is 8.80. The fraction of sp³-hybridized carbons (Fsp3) is 0.533. The molecule has 1 aromatic rings. The molecule has 0 heterocycles. The molecule has 118 valence electrons. The summed E-state index contributed by atoms with van der Waals surface area (Å²) in [6.07, 6.45) is 2.32. The Bertz CT molecular complexity index is 461. The van der Waals surface area contributed by atoms with Crippen LogP contribution in [0.2, 0.25) is 0 Å². The van der Waals surface area contributed by atoms with Crippen LogP contribution in [0.15, 0.2) is 23.4 Å². The van der Waals surface area contributed by atoms with E-state index in [1.807, 2.05) is 18.2 Å². The fourth-order valence-corrected chi connectivity index (χ4v) is 2.03. The highest BCUT2D eigenvalue weighted by Crippen LogP contribution is 2.19. The molecule has 0 radical (unpaired) electrons. The summed E-state index contributed by atoms with van der Waals surface area (Å²) in [5.41, 5.74) is 7.33. The van der Waals surface area contributed by atoms with Gasteiger partial charge in [-0.3, -0.25) is 0 Å². The average molecular weight is 294 g/mol. The van der Waals surface area contributed by atoms with Crippen molar-refractivity contribution in [3.63, 3.8) is 0 Å². The molecular formula is C15H26N4O2. The Morgan fingerprint density at radius 1 is 1.38 bits per heavy atom. The Morgan fingerprint density at radius 2 is 2.14 bits per heavy atom. The number of amidine groups is 1.